The molecule has 55 heavy (non-hydrogen) atoms. The van der Waals surface area contributed by atoms with Crippen molar-refractivity contribution in [2.75, 3.05) is 0 Å². The average molecular weight is 921 g/mol. The molecule has 0 amide bonds. The lowest BCUT2D eigenvalue weighted by molar-refractivity contribution is 0.510. The van der Waals surface area contributed by atoms with Gasteiger partial charge in [0, 0.05) is 60.7 Å². The van der Waals surface area contributed by atoms with Crippen LogP contribution in [-0.2, 0) is 0 Å². The van der Waals surface area contributed by atoms with Crippen molar-refractivity contribution in [2.24, 2.45) is 0 Å². The molecule has 0 nitrogen and oxygen atoms in total. The summed E-state index contributed by atoms with van der Waals surface area (Å²) in [4.78, 5) is -2.29. The topological polar surface area (TPSA) is 0 Å². The van der Waals surface area contributed by atoms with E-state index in [4.69, 9.17) is 0 Å². The Morgan fingerprint density at radius 1 is 0.200 bits per heavy atom. The van der Waals surface area contributed by atoms with E-state index in [0.717, 1.165) is 0 Å². The van der Waals surface area contributed by atoms with Crippen molar-refractivity contribution in [3.8, 4) is 0 Å². The van der Waals surface area contributed by atoms with Crippen LogP contribution in [0.4, 0.5) is 89.4 Å². The van der Waals surface area contributed by atoms with Crippen LogP contribution in [0.15, 0.2) is 85.1 Å². The van der Waals surface area contributed by atoms with Crippen LogP contribution in [0.3, 0.4) is 0 Å². The maximum absolute atomic E-state index is 12.3. The number of halogens is 20. The quantitative estimate of drug-likeness (QED) is 0.0742. The molecule has 5 rings (SSSR count). The molecule has 0 saturated carbocycles. The molecule has 0 heterocycles. The lowest BCUT2D eigenvalue weighted by atomic mass is 10.3. The molecular weight excluding hydrogens is 901 g/mol. The summed E-state index contributed by atoms with van der Waals surface area (Å²) in [5.41, 5.74) is 0. The van der Waals surface area contributed by atoms with Crippen LogP contribution in [0.5, 0.6) is 0 Å². The molecule has 310 valence electrons. The zero-order valence-electron chi connectivity index (χ0n) is 25.7. The van der Waals surface area contributed by atoms with Crippen LogP contribution in [-0.4, -0.2) is 0 Å². The van der Waals surface area contributed by atoms with Gasteiger partial charge in [-0.25, -0.2) is 65.9 Å². The first-order valence-corrected chi connectivity index (χ1v) is 14.5. The van der Waals surface area contributed by atoms with Crippen molar-refractivity contribution in [1.29, 1.82) is 0 Å². The van der Waals surface area contributed by atoms with Crippen LogP contribution >= 0.6 is 63.1 Å². The SMILES string of the molecule is F.F.F.F.F.Fc1cc(F)c(S)c(F)c1.Fc1cc(F)c(S)c(F)c1.Fc1cc(F)c(S)c(F)c1.Fc1cc(F)c(S)c(F)c1.Fc1cc(F)c(S)c(F)c1. The van der Waals surface area contributed by atoms with E-state index in [-0.39, 0.29) is 23.5 Å². The van der Waals surface area contributed by atoms with Gasteiger partial charge < -0.3 is 0 Å². The van der Waals surface area contributed by atoms with E-state index in [1.54, 1.807) is 0 Å². The summed E-state index contributed by atoms with van der Waals surface area (Å²) in [6, 6.07) is 5.75. The molecule has 0 atom stereocenters. The predicted octanol–water partition coefficient (Wildman–Crippen LogP) is 12.7. The first-order chi connectivity index (χ1) is 23.0. The molecule has 0 N–H and O–H groups in total. The van der Waals surface area contributed by atoms with Crippen LogP contribution in [0.1, 0.15) is 0 Å². The molecule has 0 aliphatic carbocycles. The lowest BCUT2D eigenvalue weighted by Gasteiger charge is -1.95. The first-order valence-electron chi connectivity index (χ1n) is 12.2. The van der Waals surface area contributed by atoms with Gasteiger partial charge in [0.25, 0.3) is 0 Å². The maximum Gasteiger partial charge on any atom is 0.142 e. The van der Waals surface area contributed by atoms with Gasteiger partial charge in [0.2, 0.25) is 0 Å². The molecule has 0 fully saturated rings. The second-order valence-corrected chi connectivity index (χ2v) is 10.8. The minimum Gasteiger partial charge on any atom is -0.269 e. The summed E-state index contributed by atoms with van der Waals surface area (Å²) in [5, 5.41) is 0. The standard InChI is InChI=1S/5C6H3F3S.5FH/c5*7-3-1-4(8)6(10)5(9)2-3;;;;;/h5*1-2,10H;5*1H. The summed E-state index contributed by atoms with van der Waals surface area (Å²) < 4.78 is 183. The van der Waals surface area contributed by atoms with Crippen molar-refractivity contribution in [1.82, 2.24) is 0 Å². The van der Waals surface area contributed by atoms with Gasteiger partial charge in [-0.3, -0.25) is 23.5 Å². The monoisotopic (exact) mass is 920 g/mol. The Bertz CT molecular complexity index is 1510. The number of hydrogen-bond acceptors (Lipinski definition) is 5. The Balaban J connectivity index is -0.000000185. The minimum atomic E-state index is -0.985. The minimum absolute atomic E-state index is 0. The van der Waals surface area contributed by atoms with Crippen LogP contribution in [0.2, 0.25) is 0 Å². The van der Waals surface area contributed by atoms with E-state index in [9.17, 15) is 65.9 Å². The highest BCUT2D eigenvalue weighted by molar-refractivity contribution is 7.81. The summed E-state index contributed by atoms with van der Waals surface area (Å²) in [5.74, 6) is -14.5. The highest BCUT2D eigenvalue weighted by Crippen LogP contribution is 2.21. The molecule has 0 saturated heterocycles. The molecule has 0 bridgehead atoms. The molecule has 0 aliphatic heterocycles. The van der Waals surface area contributed by atoms with Crippen molar-refractivity contribution in [3.05, 3.63) is 148 Å². The largest absolute Gasteiger partial charge is 0.269 e. The highest BCUT2D eigenvalue weighted by atomic mass is 32.1. The van der Waals surface area contributed by atoms with Gasteiger partial charge in [-0.1, -0.05) is 0 Å². The van der Waals surface area contributed by atoms with Crippen LogP contribution in [0.25, 0.3) is 0 Å². The summed E-state index contributed by atoms with van der Waals surface area (Å²) in [6.45, 7) is 0. The van der Waals surface area contributed by atoms with Crippen molar-refractivity contribution in [3.63, 3.8) is 0 Å². The molecule has 25 heteroatoms. The predicted molar refractivity (Wildman–Crippen MR) is 180 cm³/mol. The molecule has 5 aromatic rings. The molecule has 0 aromatic heterocycles. The molecular formula is C30H20F20S5. The Morgan fingerprint density at radius 3 is 0.345 bits per heavy atom. The third-order valence-corrected chi connectivity index (χ3v) is 7.04. The van der Waals surface area contributed by atoms with E-state index in [2.05, 4.69) is 63.1 Å². The van der Waals surface area contributed by atoms with E-state index in [0.29, 0.717) is 60.7 Å². The Morgan fingerprint density at radius 2 is 0.273 bits per heavy atom. The summed E-state index contributed by atoms with van der Waals surface area (Å²) in [6.07, 6.45) is 0. The molecule has 5 aromatic carbocycles. The fraction of sp³-hybridized carbons (Fsp3) is 0. The lowest BCUT2D eigenvalue weighted by Crippen LogP contribution is -1.86. The maximum atomic E-state index is 12.3. The molecule has 0 aliphatic rings. The summed E-state index contributed by atoms with van der Waals surface area (Å²) in [7, 11) is 0. The third-order valence-electron chi connectivity index (χ3n) is 4.91. The second-order valence-electron chi connectivity index (χ2n) is 8.59. The smallest absolute Gasteiger partial charge is 0.142 e. The van der Waals surface area contributed by atoms with Gasteiger partial charge in [0.05, 0.1) is 24.5 Å². The van der Waals surface area contributed by atoms with Crippen molar-refractivity contribution >= 4 is 63.1 Å². The van der Waals surface area contributed by atoms with Crippen LogP contribution < -0.4 is 0 Å². The Kier molecular flexibility index (Phi) is 30.8. The van der Waals surface area contributed by atoms with Gasteiger partial charge in [-0.05, 0) is 0 Å². The Labute approximate surface area is 324 Å². The third kappa shape index (κ3) is 20.3. The van der Waals surface area contributed by atoms with Gasteiger partial charge in [0.1, 0.15) is 87.3 Å². The number of rotatable bonds is 0. The fourth-order valence-electron chi connectivity index (χ4n) is 2.67. The van der Waals surface area contributed by atoms with Crippen molar-refractivity contribution in [2.45, 2.75) is 24.5 Å². The average Bonchev–Trinajstić information content (AvgIpc) is 3.00. The van der Waals surface area contributed by atoms with Crippen molar-refractivity contribution < 1.29 is 89.4 Å². The zero-order valence-corrected chi connectivity index (χ0v) is 30.2. The fourth-order valence-corrected chi connectivity index (χ4v) is 3.32. The van der Waals surface area contributed by atoms with E-state index in [1.165, 1.54) is 0 Å². The molecule has 0 radical (unpaired) electrons. The number of benzene rings is 5. The normalized spacial score (nSPS) is 9.09. The number of hydrogen-bond donors (Lipinski definition) is 5. The van der Waals surface area contributed by atoms with Gasteiger partial charge in [0.15, 0.2) is 0 Å². The van der Waals surface area contributed by atoms with Gasteiger partial charge in [-0.15, -0.1) is 63.1 Å². The number of thiol groups is 5. The van der Waals surface area contributed by atoms with Gasteiger partial charge >= 0.3 is 0 Å². The molecule has 0 unspecified atom stereocenters. The zero-order chi connectivity index (χ0) is 38.6. The van der Waals surface area contributed by atoms with Gasteiger partial charge in [-0.2, -0.15) is 0 Å². The second kappa shape index (κ2) is 27.9. The Hall–Kier alpha value is -3.55. The van der Waals surface area contributed by atoms with E-state index >= 15 is 0 Å². The van der Waals surface area contributed by atoms with E-state index < -0.39 is 112 Å². The van der Waals surface area contributed by atoms with Crippen LogP contribution in [0, 0.1) is 87.3 Å². The first kappa shape index (κ1) is 60.7. The highest BCUT2D eigenvalue weighted by Gasteiger charge is 2.09. The van der Waals surface area contributed by atoms with E-state index in [1.807, 2.05) is 0 Å². The summed E-state index contributed by atoms with van der Waals surface area (Å²) >= 11 is 17.2. The molecule has 0 spiro atoms.